The van der Waals surface area contributed by atoms with Crippen LogP contribution in [0, 0.1) is 13.8 Å². The summed E-state index contributed by atoms with van der Waals surface area (Å²) in [5.74, 6) is 0. The molecule has 0 aromatic carbocycles. The third-order valence-corrected chi connectivity index (χ3v) is 8.21. The summed E-state index contributed by atoms with van der Waals surface area (Å²) in [5.41, 5.74) is 16.2. The summed E-state index contributed by atoms with van der Waals surface area (Å²) in [6.07, 6.45) is 6.57. The second-order valence-corrected chi connectivity index (χ2v) is 10.6. The Labute approximate surface area is 235 Å². The van der Waals surface area contributed by atoms with Crippen molar-refractivity contribution >= 4 is 56.5 Å². The number of rotatable bonds is 8. The van der Waals surface area contributed by atoms with E-state index in [1.807, 2.05) is 12.2 Å². The van der Waals surface area contributed by atoms with Crippen LogP contribution >= 0.6 is 0 Å². The molecule has 2 aliphatic rings. The highest BCUT2D eigenvalue weighted by molar-refractivity contribution is 5.96. The molecule has 0 aliphatic carbocycles. The molecule has 0 saturated heterocycles. The van der Waals surface area contributed by atoms with E-state index < -0.39 is 0 Å². The van der Waals surface area contributed by atoms with Crippen LogP contribution in [0.3, 0.4) is 0 Å². The molecule has 4 N–H and O–H groups in total. The number of aryl methyl sites for hydroxylation is 2. The topological polar surface area (TPSA) is 97.8 Å². The van der Waals surface area contributed by atoms with E-state index in [1.165, 1.54) is 0 Å². The second kappa shape index (κ2) is 11.2. The zero-order chi connectivity index (χ0) is 28.6. The van der Waals surface area contributed by atoms with E-state index in [1.54, 1.807) is 0 Å². The summed E-state index contributed by atoms with van der Waals surface area (Å²) >= 11 is 0. The fourth-order valence-electron chi connectivity index (χ4n) is 5.81. The molecule has 0 saturated carbocycles. The Morgan fingerprint density at radius 2 is 1.05 bits per heavy atom. The number of aliphatic hydroxyl groups is 2. The SMILES string of the molecule is C=Cc1c(C)c2cc3[nH]c(cc4nc(cc5nc(cc1[nH]2)C(C)=C5CCCO)C(CCCO)=C4C)c(C)c3C=C. The largest absolute Gasteiger partial charge is 0.396 e. The number of nitrogens with zero attached hydrogens (tertiary/aromatic N) is 2. The Bertz CT molecular complexity index is 1750. The number of aliphatic hydroxyl groups excluding tert-OH is 2. The van der Waals surface area contributed by atoms with E-state index in [-0.39, 0.29) is 13.2 Å². The standard InChI is InChI=1S/C34H38N4O2/c1-7-23-19(3)27-15-28-21(5)25(11-9-13-39)33(37-28)18-34-26(12-10-14-40)22(6)30(38-34)17-32-24(8-2)20(4)29(36-32)16-31(23)35-27/h7-8,15-18,35-36,39-40H,1-2,9-14H2,3-6H3. The maximum Gasteiger partial charge on any atom is 0.0694 e. The molecular formula is C34H38N4O2. The van der Waals surface area contributed by atoms with Crippen LogP contribution in [-0.4, -0.2) is 43.4 Å². The van der Waals surface area contributed by atoms with E-state index >= 15 is 0 Å². The normalized spacial score (nSPS) is 13.3. The highest BCUT2D eigenvalue weighted by Gasteiger charge is 2.21. The van der Waals surface area contributed by atoms with Gasteiger partial charge in [0.05, 0.1) is 22.8 Å². The van der Waals surface area contributed by atoms with Gasteiger partial charge >= 0.3 is 0 Å². The Balaban J connectivity index is 1.95. The molecule has 8 bridgehead atoms. The second-order valence-electron chi connectivity index (χ2n) is 10.6. The first-order valence-electron chi connectivity index (χ1n) is 13.9. The molecule has 6 nitrogen and oxygen atoms in total. The van der Waals surface area contributed by atoms with Gasteiger partial charge in [-0.25, -0.2) is 9.97 Å². The third kappa shape index (κ3) is 4.78. The summed E-state index contributed by atoms with van der Waals surface area (Å²) in [6.45, 7) is 16.8. The van der Waals surface area contributed by atoms with E-state index in [9.17, 15) is 10.2 Å². The molecule has 3 aromatic rings. The van der Waals surface area contributed by atoms with E-state index in [4.69, 9.17) is 9.97 Å². The number of hydrogen-bond donors (Lipinski definition) is 4. The Kier molecular flexibility index (Phi) is 7.74. The van der Waals surface area contributed by atoms with Crippen LogP contribution in [0.5, 0.6) is 0 Å². The van der Waals surface area contributed by atoms with Crippen molar-refractivity contribution in [2.45, 2.75) is 53.4 Å². The minimum absolute atomic E-state index is 0.122. The number of fused-ring (bicyclic) bond motifs is 8. The van der Waals surface area contributed by atoms with Gasteiger partial charge in [0.1, 0.15) is 0 Å². The molecule has 0 fully saturated rings. The van der Waals surface area contributed by atoms with Gasteiger partial charge in [0, 0.05) is 46.4 Å². The van der Waals surface area contributed by atoms with E-state index in [0.717, 1.165) is 102 Å². The molecule has 0 radical (unpaired) electrons. The van der Waals surface area contributed by atoms with Gasteiger partial charge in [-0.05, 0) is 111 Å². The fourth-order valence-corrected chi connectivity index (χ4v) is 5.81. The first kappa shape index (κ1) is 27.6. The van der Waals surface area contributed by atoms with Crippen LogP contribution in [0.25, 0.3) is 56.5 Å². The highest BCUT2D eigenvalue weighted by atomic mass is 16.3. The van der Waals surface area contributed by atoms with E-state index in [2.05, 4.69) is 75.1 Å². The lowest BCUT2D eigenvalue weighted by atomic mass is 9.98. The van der Waals surface area contributed by atoms with Crippen molar-refractivity contribution in [3.8, 4) is 0 Å². The van der Waals surface area contributed by atoms with Crippen molar-refractivity contribution in [3.05, 3.63) is 82.5 Å². The number of hydrogen-bond acceptors (Lipinski definition) is 4. The van der Waals surface area contributed by atoms with Crippen LogP contribution in [0.15, 0.2) is 37.4 Å². The molecule has 3 aromatic heterocycles. The summed E-state index contributed by atoms with van der Waals surface area (Å²) in [6, 6.07) is 8.42. The van der Waals surface area contributed by atoms with Crippen molar-refractivity contribution in [1.29, 1.82) is 0 Å². The van der Waals surface area contributed by atoms with Crippen molar-refractivity contribution in [2.75, 3.05) is 13.2 Å². The molecular weight excluding hydrogens is 496 g/mol. The van der Waals surface area contributed by atoms with Crippen LogP contribution in [-0.2, 0) is 0 Å². The minimum atomic E-state index is 0.122. The summed E-state index contributed by atoms with van der Waals surface area (Å²) < 4.78 is 0. The average molecular weight is 535 g/mol. The zero-order valence-corrected chi connectivity index (χ0v) is 23.9. The van der Waals surface area contributed by atoms with Crippen LogP contribution in [0.4, 0.5) is 0 Å². The number of nitrogens with one attached hydrogen (secondary N) is 2. The molecule has 0 spiro atoms. The smallest absolute Gasteiger partial charge is 0.0694 e. The molecule has 206 valence electrons. The minimum Gasteiger partial charge on any atom is -0.396 e. The summed E-state index contributed by atoms with van der Waals surface area (Å²) in [7, 11) is 0. The molecule has 0 atom stereocenters. The van der Waals surface area contributed by atoms with Crippen LogP contribution < -0.4 is 0 Å². The molecule has 5 rings (SSSR count). The number of aromatic amines is 2. The third-order valence-electron chi connectivity index (χ3n) is 8.21. The average Bonchev–Trinajstić information content (AvgIpc) is 3.59. The highest BCUT2D eigenvalue weighted by Crippen LogP contribution is 2.38. The Morgan fingerprint density at radius 3 is 1.50 bits per heavy atom. The molecule has 6 heteroatoms. The van der Waals surface area contributed by atoms with Gasteiger partial charge in [0.2, 0.25) is 0 Å². The predicted molar refractivity (Wildman–Crippen MR) is 168 cm³/mol. The monoisotopic (exact) mass is 534 g/mol. The fraction of sp³-hybridized carbons (Fsp3) is 0.294. The van der Waals surface area contributed by atoms with Crippen molar-refractivity contribution in [1.82, 2.24) is 19.9 Å². The summed E-state index contributed by atoms with van der Waals surface area (Å²) in [5, 5.41) is 19.2. The maximum absolute atomic E-state index is 9.61. The molecule has 0 unspecified atom stereocenters. The molecule has 40 heavy (non-hydrogen) atoms. The van der Waals surface area contributed by atoms with Gasteiger partial charge in [-0.1, -0.05) is 25.3 Å². The van der Waals surface area contributed by atoms with Crippen LogP contribution in [0.1, 0.15) is 84.6 Å². The van der Waals surface area contributed by atoms with Crippen LogP contribution in [0.2, 0.25) is 0 Å². The van der Waals surface area contributed by atoms with Gasteiger partial charge in [-0.15, -0.1) is 0 Å². The molecule has 5 heterocycles. The van der Waals surface area contributed by atoms with Gasteiger partial charge < -0.3 is 20.2 Å². The predicted octanol–water partition coefficient (Wildman–Crippen LogP) is 7.62. The number of H-pyrrole nitrogens is 2. The zero-order valence-electron chi connectivity index (χ0n) is 23.9. The lowest BCUT2D eigenvalue weighted by Crippen LogP contribution is -1.91. The first-order chi connectivity index (χ1) is 19.3. The van der Waals surface area contributed by atoms with Gasteiger partial charge in [-0.3, -0.25) is 0 Å². The quantitative estimate of drug-likeness (QED) is 0.239. The number of allylic oxidation sites excluding steroid dienone is 4. The van der Waals surface area contributed by atoms with Crippen molar-refractivity contribution < 1.29 is 10.2 Å². The van der Waals surface area contributed by atoms with E-state index in [0.29, 0.717) is 12.8 Å². The Hall–Kier alpha value is -4.00. The van der Waals surface area contributed by atoms with Gasteiger partial charge in [0.25, 0.3) is 0 Å². The maximum atomic E-state index is 9.61. The van der Waals surface area contributed by atoms with Crippen molar-refractivity contribution in [3.63, 3.8) is 0 Å². The lowest BCUT2D eigenvalue weighted by molar-refractivity contribution is 0.290. The summed E-state index contributed by atoms with van der Waals surface area (Å²) in [4.78, 5) is 17.4. The van der Waals surface area contributed by atoms with Gasteiger partial charge in [0.15, 0.2) is 0 Å². The lowest BCUT2D eigenvalue weighted by Gasteiger charge is -2.05. The Morgan fingerprint density at radius 1 is 0.625 bits per heavy atom. The first-order valence-corrected chi connectivity index (χ1v) is 13.9. The molecule has 2 aliphatic heterocycles. The van der Waals surface area contributed by atoms with Gasteiger partial charge in [-0.2, -0.15) is 0 Å². The number of aromatic nitrogens is 4. The molecule has 0 amide bonds. The van der Waals surface area contributed by atoms with Crippen molar-refractivity contribution in [2.24, 2.45) is 0 Å².